The summed E-state index contributed by atoms with van der Waals surface area (Å²) in [6.07, 6.45) is 0.847. The van der Waals surface area contributed by atoms with Gasteiger partial charge in [-0.15, -0.1) is 0 Å². The number of nitrogens with zero attached hydrogens (tertiary/aromatic N) is 3. The van der Waals surface area contributed by atoms with E-state index >= 15 is 0 Å². The molecule has 6 rings (SSSR count). The number of aryl methyl sites for hydroxylation is 1. The van der Waals surface area contributed by atoms with Gasteiger partial charge in [0.25, 0.3) is 0 Å². The molecule has 4 heteroatoms. The van der Waals surface area contributed by atoms with Gasteiger partial charge in [-0.2, -0.15) is 0 Å². The summed E-state index contributed by atoms with van der Waals surface area (Å²) >= 11 is 3.56. The number of aromatic nitrogens is 3. The maximum absolute atomic E-state index is 5.16. The van der Waals surface area contributed by atoms with Crippen LogP contribution < -0.4 is 0 Å². The van der Waals surface area contributed by atoms with Gasteiger partial charge in [-0.3, -0.25) is 4.57 Å². The molecular formula is C28H20BrN3. The van der Waals surface area contributed by atoms with Crippen LogP contribution in [0, 0.1) is 0 Å². The molecule has 0 aliphatic carbocycles. The Hall–Kier alpha value is -3.50. The van der Waals surface area contributed by atoms with Gasteiger partial charge in [-0.1, -0.05) is 77.5 Å². The first-order chi connectivity index (χ1) is 15.7. The lowest BCUT2D eigenvalue weighted by Gasteiger charge is -2.12. The molecule has 0 bridgehead atoms. The van der Waals surface area contributed by atoms with E-state index in [0.29, 0.717) is 0 Å². The largest absolute Gasteiger partial charge is 0.296 e. The number of para-hydroxylation sites is 2. The molecule has 2 aromatic heterocycles. The molecule has 0 amide bonds. The zero-order chi connectivity index (χ0) is 21.7. The summed E-state index contributed by atoms with van der Waals surface area (Å²) < 4.78 is 3.33. The van der Waals surface area contributed by atoms with Crippen LogP contribution in [-0.2, 0) is 6.42 Å². The molecule has 0 saturated heterocycles. The molecule has 3 nitrogen and oxygen atoms in total. The molecule has 0 spiro atoms. The van der Waals surface area contributed by atoms with Crippen LogP contribution in [0.2, 0.25) is 0 Å². The van der Waals surface area contributed by atoms with E-state index in [9.17, 15) is 0 Å². The molecule has 154 valence electrons. The Morgan fingerprint density at radius 3 is 2.28 bits per heavy atom. The van der Waals surface area contributed by atoms with E-state index in [0.717, 1.165) is 61.0 Å². The van der Waals surface area contributed by atoms with Crippen molar-refractivity contribution in [2.45, 2.75) is 13.3 Å². The van der Waals surface area contributed by atoms with Crippen molar-refractivity contribution in [3.63, 3.8) is 0 Å². The van der Waals surface area contributed by atoms with Gasteiger partial charge in [0.2, 0.25) is 0 Å². The Morgan fingerprint density at radius 2 is 1.50 bits per heavy atom. The van der Waals surface area contributed by atoms with Crippen LogP contribution in [-0.4, -0.2) is 14.5 Å². The van der Waals surface area contributed by atoms with Crippen molar-refractivity contribution in [3.05, 3.63) is 101 Å². The van der Waals surface area contributed by atoms with Crippen molar-refractivity contribution in [1.29, 1.82) is 0 Å². The van der Waals surface area contributed by atoms with Gasteiger partial charge >= 0.3 is 0 Å². The average Bonchev–Trinajstić information content (AvgIpc) is 3.23. The molecule has 0 radical (unpaired) electrons. The van der Waals surface area contributed by atoms with Crippen LogP contribution in [0.15, 0.2) is 95.5 Å². The molecule has 4 aromatic carbocycles. The van der Waals surface area contributed by atoms with E-state index < -0.39 is 0 Å². The molecule has 6 aromatic rings. The van der Waals surface area contributed by atoms with Crippen LogP contribution in [0.5, 0.6) is 0 Å². The molecule has 0 aliphatic rings. The number of benzene rings is 4. The quantitative estimate of drug-likeness (QED) is 0.244. The number of rotatable bonds is 3. The Kier molecular flexibility index (Phi) is 4.54. The maximum Gasteiger partial charge on any atom is 0.114 e. The fourth-order valence-corrected chi connectivity index (χ4v) is 4.81. The van der Waals surface area contributed by atoms with Gasteiger partial charge in [0.1, 0.15) is 5.82 Å². The van der Waals surface area contributed by atoms with Gasteiger partial charge in [-0.25, -0.2) is 9.97 Å². The Labute approximate surface area is 194 Å². The van der Waals surface area contributed by atoms with E-state index in [1.807, 2.05) is 12.1 Å². The first-order valence-corrected chi connectivity index (χ1v) is 11.6. The van der Waals surface area contributed by atoms with Crippen molar-refractivity contribution < 1.29 is 0 Å². The highest BCUT2D eigenvalue weighted by atomic mass is 79.9. The van der Waals surface area contributed by atoms with E-state index in [-0.39, 0.29) is 0 Å². The maximum atomic E-state index is 5.16. The lowest BCUT2D eigenvalue weighted by atomic mass is 9.99. The van der Waals surface area contributed by atoms with Gasteiger partial charge in [0.05, 0.1) is 22.2 Å². The third-order valence-corrected chi connectivity index (χ3v) is 6.54. The monoisotopic (exact) mass is 477 g/mol. The lowest BCUT2D eigenvalue weighted by molar-refractivity contribution is 0.908. The molecule has 2 heterocycles. The smallest absolute Gasteiger partial charge is 0.114 e. The Bertz CT molecular complexity index is 1600. The van der Waals surface area contributed by atoms with Crippen LogP contribution >= 0.6 is 15.9 Å². The van der Waals surface area contributed by atoms with Crippen molar-refractivity contribution in [2.75, 3.05) is 0 Å². The minimum absolute atomic E-state index is 0.847. The second-order valence-electron chi connectivity index (χ2n) is 7.89. The van der Waals surface area contributed by atoms with Gasteiger partial charge < -0.3 is 0 Å². The summed E-state index contributed by atoms with van der Waals surface area (Å²) in [6.45, 7) is 2.16. The number of imidazole rings is 1. The molecule has 0 fully saturated rings. The Balaban J connectivity index is 1.80. The minimum atomic E-state index is 0.847. The predicted octanol–water partition coefficient (Wildman–Crippen LogP) is 7.72. The van der Waals surface area contributed by atoms with E-state index in [1.54, 1.807) is 0 Å². The van der Waals surface area contributed by atoms with Gasteiger partial charge in [-0.05, 0) is 41.8 Å². The molecular weight excluding hydrogens is 458 g/mol. The van der Waals surface area contributed by atoms with Crippen molar-refractivity contribution in [1.82, 2.24) is 14.5 Å². The third-order valence-electron chi connectivity index (χ3n) is 6.01. The van der Waals surface area contributed by atoms with Crippen molar-refractivity contribution in [3.8, 4) is 16.9 Å². The number of fused-ring (bicyclic) bond motifs is 5. The summed E-state index contributed by atoms with van der Waals surface area (Å²) in [5.41, 5.74) is 6.29. The van der Waals surface area contributed by atoms with Gasteiger partial charge in [0, 0.05) is 32.9 Å². The topological polar surface area (TPSA) is 30.7 Å². The zero-order valence-corrected chi connectivity index (χ0v) is 19.2. The standard InChI is InChI=1S/C28H20BrN3/c1-2-25-31-28-24(32(25)20-8-4-3-5-9-20)17-16-22-21-10-6-7-11-23(21)30-27(26(22)28)18-12-14-19(29)15-13-18/h3-17H,2H2,1H3. The summed E-state index contributed by atoms with van der Waals surface area (Å²) in [7, 11) is 0. The lowest BCUT2D eigenvalue weighted by Crippen LogP contribution is -1.99. The second kappa shape index (κ2) is 7.57. The molecule has 0 unspecified atom stereocenters. The van der Waals surface area contributed by atoms with E-state index in [1.165, 1.54) is 5.39 Å². The number of hydrogen-bond donors (Lipinski definition) is 0. The highest BCUT2D eigenvalue weighted by Crippen LogP contribution is 2.38. The highest BCUT2D eigenvalue weighted by molar-refractivity contribution is 9.10. The summed E-state index contributed by atoms with van der Waals surface area (Å²) in [4.78, 5) is 10.3. The van der Waals surface area contributed by atoms with Crippen molar-refractivity contribution >= 4 is 48.6 Å². The Morgan fingerprint density at radius 1 is 0.750 bits per heavy atom. The SMILES string of the molecule is CCc1nc2c3c(-c4ccc(Br)cc4)nc4ccccc4c3ccc2n1-c1ccccc1. The fraction of sp³-hybridized carbons (Fsp3) is 0.0714. The first-order valence-electron chi connectivity index (χ1n) is 10.8. The zero-order valence-electron chi connectivity index (χ0n) is 17.6. The van der Waals surface area contributed by atoms with E-state index in [2.05, 4.69) is 106 Å². The number of pyridine rings is 1. The van der Waals surface area contributed by atoms with Crippen LogP contribution in [0.1, 0.15) is 12.7 Å². The number of halogens is 1. The first kappa shape index (κ1) is 19.2. The average molecular weight is 478 g/mol. The summed E-state index contributed by atoms with van der Waals surface area (Å²) in [5.74, 6) is 1.05. The third kappa shape index (κ3) is 2.94. The normalized spacial score (nSPS) is 11.6. The van der Waals surface area contributed by atoms with Crippen molar-refractivity contribution in [2.24, 2.45) is 0 Å². The minimum Gasteiger partial charge on any atom is -0.296 e. The van der Waals surface area contributed by atoms with Crippen LogP contribution in [0.4, 0.5) is 0 Å². The molecule has 0 saturated carbocycles. The fourth-order valence-electron chi connectivity index (χ4n) is 4.55. The molecule has 0 N–H and O–H groups in total. The number of hydrogen-bond acceptors (Lipinski definition) is 2. The van der Waals surface area contributed by atoms with Crippen LogP contribution in [0.3, 0.4) is 0 Å². The molecule has 0 atom stereocenters. The van der Waals surface area contributed by atoms with E-state index in [4.69, 9.17) is 9.97 Å². The summed E-state index contributed by atoms with van der Waals surface area (Å²) in [6, 6.07) is 31.6. The predicted molar refractivity (Wildman–Crippen MR) is 136 cm³/mol. The van der Waals surface area contributed by atoms with Gasteiger partial charge in [0.15, 0.2) is 0 Å². The highest BCUT2D eigenvalue weighted by Gasteiger charge is 2.19. The second-order valence-corrected chi connectivity index (χ2v) is 8.81. The summed E-state index contributed by atoms with van der Waals surface area (Å²) in [5, 5.41) is 3.44. The molecule has 32 heavy (non-hydrogen) atoms. The molecule has 0 aliphatic heterocycles. The van der Waals surface area contributed by atoms with Crippen LogP contribution in [0.25, 0.3) is 49.7 Å².